The molecule has 1 aliphatic rings. The fourth-order valence-electron chi connectivity index (χ4n) is 1.82. The van der Waals surface area contributed by atoms with Crippen LogP contribution in [0.25, 0.3) is 0 Å². The van der Waals surface area contributed by atoms with Gasteiger partial charge in [0.25, 0.3) is 0 Å². The van der Waals surface area contributed by atoms with Gasteiger partial charge in [-0.25, -0.2) is 0 Å². The van der Waals surface area contributed by atoms with E-state index in [1.165, 1.54) is 11.5 Å². The van der Waals surface area contributed by atoms with Gasteiger partial charge in [-0.2, -0.15) is 11.8 Å². The molecule has 0 N–H and O–H groups in total. The SMILES string of the molecule is O=Cc1ccccc1OCCN1CCSCC1. The lowest BCUT2D eigenvalue weighted by molar-refractivity contribution is 0.111. The van der Waals surface area contributed by atoms with Crippen molar-refractivity contribution in [2.45, 2.75) is 0 Å². The molecule has 0 atom stereocenters. The van der Waals surface area contributed by atoms with Gasteiger partial charge in [-0.1, -0.05) is 12.1 Å². The Kier molecular flexibility index (Phi) is 4.88. The monoisotopic (exact) mass is 251 g/mol. The molecule has 0 spiro atoms. The number of carbonyl (C=O) groups is 1. The van der Waals surface area contributed by atoms with Crippen LogP contribution in [-0.4, -0.2) is 48.9 Å². The minimum absolute atomic E-state index is 0.627. The van der Waals surface area contributed by atoms with E-state index in [-0.39, 0.29) is 0 Å². The topological polar surface area (TPSA) is 29.5 Å². The highest BCUT2D eigenvalue weighted by Crippen LogP contribution is 2.15. The number of carbonyl (C=O) groups excluding carboxylic acids is 1. The molecule has 1 aromatic rings. The van der Waals surface area contributed by atoms with Gasteiger partial charge in [0.05, 0.1) is 5.56 Å². The standard InChI is InChI=1S/C13H17NO2S/c15-11-12-3-1-2-4-13(12)16-8-5-14-6-9-17-10-7-14/h1-4,11H,5-10H2. The summed E-state index contributed by atoms with van der Waals surface area (Å²) in [6, 6.07) is 7.36. The van der Waals surface area contributed by atoms with Gasteiger partial charge in [-0.3, -0.25) is 9.69 Å². The van der Waals surface area contributed by atoms with Crippen molar-refractivity contribution in [3.05, 3.63) is 29.8 Å². The molecule has 17 heavy (non-hydrogen) atoms. The smallest absolute Gasteiger partial charge is 0.153 e. The first kappa shape index (κ1) is 12.5. The summed E-state index contributed by atoms with van der Waals surface area (Å²) in [7, 11) is 0. The van der Waals surface area contributed by atoms with Gasteiger partial charge in [0.1, 0.15) is 12.4 Å². The van der Waals surface area contributed by atoms with E-state index in [0.717, 1.165) is 25.9 Å². The molecule has 1 fully saturated rings. The predicted molar refractivity (Wildman–Crippen MR) is 71.1 cm³/mol. The first-order valence-electron chi connectivity index (χ1n) is 5.87. The first-order chi connectivity index (χ1) is 8.40. The highest BCUT2D eigenvalue weighted by Gasteiger charge is 2.10. The first-order valence-corrected chi connectivity index (χ1v) is 7.03. The zero-order valence-electron chi connectivity index (χ0n) is 9.80. The maximum absolute atomic E-state index is 10.8. The van der Waals surface area contributed by atoms with Crippen molar-refractivity contribution in [2.24, 2.45) is 0 Å². The number of ether oxygens (including phenoxy) is 1. The number of rotatable bonds is 5. The summed E-state index contributed by atoms with van der Waals surface area (Å²) in [6.45, 7) is 3.87. The number of hydrogen-bond donors (Lipinski definition) is 0. The molecule has 92 valence electrons. The molecule has 1 aliphatic heterocycles. The second kappa shape index (κ2) is 6.67. The molecule has 2 rings (SSSR count). The third kappa shape index (κ3) is 3.75. The third-order valence-corrected chi connectivity index (χ3v) is 3.76. The summed E-state index contributed by atoms with van der Waals surface area (Å²) in [6.07, 6.45) is 0.840. The Morgan fingerprint density at radius 3 is 2.82 bits per heavy atom. The van der Waals surface area contributed by atoms with Gasteiger partial charge in [-0.15, -0.1) is 0 Å². The summed E-state index contributed by atoms with van der Waals surface area (Å²) in [5.74, 6) is 3.12. The summed E-state index contributed by atoms with van der Waals surface area (Å²) < 4.78 is 5.65. The van der Waals surface area contributed by atoms with Crippen LogP contribution in [-0.2, 0) is 0 Å². The van der Waals surface area contributed by atoms with Crippen LogP contribution in [0.3, 0.4) is 0 Å². The Hall–Kier alpha value is -1.00. The molecule has 1 aromatic carbocycles. The molecule has 1 heterocycles. The maximum Gasteiger partial charge on any atom is 0.153 e. The van der Waals surface area contributed by atoms with E-state index in [4.69, 9.17) is 4.74 Å². The zero-order valence-corrected chi connectivity index (χ0v) is 10.6. The van der Waals surface area contributed by atoms with E-state index in [1.807, 2.05) is 30.0 Å². The third-order valence-electron chi connectivity index (χ3n) is 2.81. The Labute approximate surface area is 106 Å². The van der Waals surface area contributed by atoms with E-state index in [1.54, 1.807) is 6.07 Å². The largest absolute Gasteiger partial charge is 0.492 e. The molecule has 0 amide bonds. The molecule has 0 saturated carbocycles. The van der Waals surface area contributed by atoms with Crippen LogP contribution >= 0.6 is 11.8 Å². The number of para-hydroxylation sites is 1. The number of thioether (sulfide) groups is 1. The summed E-state index contributed by atoms with van der Waals surface area (Å²) in [4.78, 5) is 13.2. The number of benzene rings is 1. The zero-order chi connectivity index (χ0) is 11.9. The fraction of sp³-hybridized carbons (Fsp3) is 0.462. The fourth-order valence-corrected chi connectivity index (χ4v) is 2.80. The second-order valence-corrected chi connectivity index (χ2v) is 5.18. The molecular formula is C13H17NO2S. The van der Waals surface area contributed by atoms with Crippen molar-refractivity contribution in [1.29, 1.82) is 0 Å². The second-order valence-electron chi connectivity index (χ2n) is 3.96. The van der Waals surface area contributed by atoms with E-state index in [2.05, 4.69) is 4.90 Å². The molecule has 1 saturated heterocycles. The van der Waals surface area contributed by atoms with Gasteiger partial charge < -0.3 is 4.74 Å². The van der Waals surface area contributed by atoms with E-state index in [9.17, 15) is 4.79 Å². The van der Waals surface area contributed by atoms with E-state index >= 15 is 0 Å². The lowest BCUT2D eigenvalue weighted by Crippen LogP contribution is -2.35. The minimum atomic E-state index is 0.627. The Balaban J connectivity index is 1.79. The van der Waals surface area contributed by atoms with E-state index < -0.39 is 0 Å². The Morgan fingerprint density at radius 1 is 1.29 bits per heavy atom. The van der Waals surface area contributed by atoms with Crippen LogP contribution in [0.5, 0.6) is 5.75 Å². The van der Waals surface area contributed by atoms with Gasteiger partial charge in [0.15, 0.2) is 6.29 Å². The molecule has 0 unspecified atom stereocenters. The summed E-state index contributed by atoms with van der Waals surface area (Å²) in [5.41, 5.74) is 0.627. The highest BCUT2D eigenvalue weighted by molar-refractivity contribution is 7.99. The lowest BCUT2D eigenvalue weighted by Gasteiger charge is -2.25. The van der Waals surface area contributed by atoms with Crippen molar-refractivity contribution >= 4 is 18.0 Å². The van der Waals surface area contributed by atoms with Gasteiger partial charge in [0, 0.05) is 31.1 Å². The molecule has 0 aromatic heterocycles. The van der Waals surface area contributed by atoms with Crippen molar-refractivity contribution in [2.75, 3.05) is 37.7 Å². The van der Waals surface area contributed by atoms with Crippen molar-refractivity contribution < 1.29 is 9.53 Å². The summed E-state index contributed by atoms with van der Waals surface area (Å²) >= 11 is 2.01. The van der Waals surface area contributed by atoms with Crippen molar-refractivity contribution in [3.8, 4) is 5.75 Å². The average Bonchev–Trinajstić information content (AvgIpc) is 2.40. The predicted octanol–water partition coefficient (Wildman–Crippen LogP) is 1.93. The highest BCUT2D eigenvalue weighted by atomic mass is 32.2. The number of nitrogens with zero attached hydrogens (tertiary/aromatic N) is 1. The summed E-state index contributed by atoms with van der Waals surface area (Å²) in [5, 5.41) is 0. The Morgan fingerprint density at radius 2 is 2.06 bits per heavy atom. The van der Waals surface area contributed by atoms with Crippen LogP contribution in [0.4, 0.5) is 0 Å². The molecule has 4 heteroatoms. The number of aldehydes is 1. The van der Waals surface area contributed by atoms with Crippen LogP contribution < -0.4 is 4.74 Å². The van der Waals surface area contributed by atoms with E-state index in [0.29, 0.717) is 17.9 Å². The normalized spacial score (nSPS) is 16.7. The number of hydrogen-bond acceptors (Lipinski definition) is 4. The van der Waals surface area contributed by atoms with Crippen LogP contribution in [0.2, 0.25) is 0 Å². The van der Waals surface area contributed by atoms with Crippen LogP contribution in [0.15, 0.2) is 24.3 Å². The average molecular weight is 251 g/mol. The van der Waals surface area contributed by atoms with Gasteiger partial charge in [-0.05, 0) is 12.1 Å². The quantitative estimate of drug-likeness (QED) is 0.748. The van der Waals surface area contributed by atoms with Crippen LogP contribution in [0.1, 0.15) is 10.4 Å². The van der Waals surface area contributed by atoms with Gasteiger partial charge in [0.2, 0.25) is 0 Å². The lowest BCUT2D eigenvalue weighted by atomic mass is 10.2. The molecule has 0 bridgehead atoms. The van der Waals surface area contributed by atoms with Crippen LogP contribution in [0, 0.1) is 0 Å². The molecule has 0 radical (unpaired) electrons. The van der Waals surface area contributed by atoms with Crippen molar-refractivity contribution in [1.82, 2.24) is 4.90 Å². The maximum atomic E-state index is 10.8. The molecule has 0 aliphatic carbocycles. The molecule has 3 nitrogen and oxygen atoms in total. The van der Waals surface area contributed by atoms with Crippen molar-refractivity contribution in [3.63, 3.8) is 0 Å². The van der Waals surface area contributed by atoms with Gasteiger partial charge >= 0.3 is 0 Å². The minimum Gasteiger partial charge on any atom is -0.492 e. The Bertz CT molecular complexity index is 364. The molecular weight excluding hydrogens is 234 g/mol.